The van der Waals surface area contributed by atoms with E-state index in [1.165, 1.54) is 62.6 Å². The van der Waals surface area contributed by atoms with Crippen molar-refractivity contribution in [2.45, 2.75) is 16.7 Å². The molecule has 0 unspecified atom stereocenters. The van der Waals surface area contributed by atoms with E-state index in [0.29, 0.717) is 0 Å². The molecule has 134 valence electrons. The monoisotopic (exact) mass is 383 g/mol. The number of methoxy groups -OCH3 is 1. The first-order valence-corrected chi connectivity index (χ1v) is 10.4. The molecule has 7 nitrogen and oxygen atoms in total. The Hall–Kier alpha value is -2.39. The molecule has 0 aromatic heterocycles. The number of anilines is 1. The fourth-order valence-corrected chi connectivity index (χ4v) is 4.26. The van der Waals surface area contributed by atoms with Gasteiger partial charge in [0, 0.05) is 0 Å². The number of carbonyl (C=O) groups is 1. The fourth-order valence-electron chi connectivity index (χ4n) is 2.07. The second-order valence-electron chi connectivity index (χ2n) is 5.02. The topological polar surface area (TPSA) is 107 Å². The predicted octanol–water partition coefficient (Wildman–Crippen LogP) is 2.07. The number of sulfone groups is 1. The molecule has 0 aliphatic carbocycles. The molecular weight excluding hydrogens is 366 g/mol. The van der Waals surface area contributed by atoms with Crippen molar-refractivity contribution in [3.63, 3.8) is 0 Å². The van der Waals surface area contributed by atoms with Gasteiger partial charge in [-0.1, -0.05) is 19.1 Å². The minimum Gasteiger partial charge on any atom is -0.465 e. The Bertz CT molecular complexity index is 980. The number of esters is 1. The van der Waals surface area contributed by atoms with Gasteiger partial charge in [-0.25, -0.2) is 21.6 Å². The van der Waals surface area contributed by atoms with Crippen LogP contribution in [0.3, 0.4) is 0 Å². The molecule has 2 rings (SSSR count). The minimum atomic E-state index is -4.02. The van der Waals surface area contributed by atoms with Gasteiger partial charge >= 0.3 is 5.97 Å². The van der Waals surface area contributed by atoms with Crippen LogP contribution >= 0.6 is 0 Å². The Morgan fingerprint density at radius 1 is 1.00 bits per heavy atom. The molecule has 0 aliphatic heterocycles. The Labute approximate surface area is 146 Å². The number of ether oxygens (including phenoxy) is 1. The van der Waals surface area contributed by atoms with Gasteiger partial charge in [-0.3, -0.25) is 4.72 Å². The van der Waals surface area contributed by atoms with Crippen molar-refractivity contribution in [3.05, 3.63) is 54.1 Å². The first-order chi connectivity index (χ1) is 11.7. The smallest absolute Gasteiger partial charge is 0.337 e. The van der Waals surface area contributed by atoms with E-state index >= 15 is 0 Å². The van der Waals surface area contributed by atoms with Crippen LogP contribution in [0.2, 0.25) is 0 Å². The zero-order valence-corrected chi connectivity index (χ0v) is 15.2. The quantitative estimate of drug-likeness (QED) is 0.765. The van der Waals surface area contributed by atoms with E-state index in [-0.39, 0.29) is 26.8 Å². The summed E-state index contributed by atoms with van der Waals surface area (Å²) in [5.41, 5.74) is 0.178. The lowest BCUT2D eigenvalue weighted by Gasteiger charge is -2.12. The van der Waals surface area contributed by atoms with Crippen LogP contribution in [0.4, 0.5) is 5.69 Å². The van der Waals surface area contributed by atoms with Crippen LogP contribution in [0.15, 0.2) is 58.3 Å². The number of hydrogen-bond donors (Lipinski definition) is 1. The van der Waals surface area contributed by atoms with Crippen molar-refractivity contribution in [1.29, 1.82) is 0 Å². The summed E-state index contributed by atoms with van der Waals surface area (Å²) in [5.74, 6) is -0.740. The first kappa shape index (κ1) is 18.9. The highest BCUT2D eigenvalue weighted by Gasteiger charge is 2.21. The third-order valence-corrected chi connectivity index (χ3v) is 6.60. The number of benzene rings is 2. The zero-order chi connectivity index (χ0) is 18.7. The van der Waals surface area contributed by atoms with Crippen molar-refractivity contribution in [2.24, 2.45) is 0 Å². The van der Waals surface area contributed by atoms with Crippen molar-refractivity contribution < 1.29 is 26.4 Å². The van der Waals surface area contributed by atoms with Crippen LogP contribution in [0.25, 0.3) is 0 Å². The molecule has 2 aromatic carbocycles. The summed E-state index contributed by atoms with van der Waals surface area (Å²) < 4.78 is 56.1. The van der Waals surface area contributed by atoms with E-state index in [9.17, 15) is 21.6 Å². The molecule has 0 aliphatic rings. The van der Waals surface area contributed by atoms with Crippen molar-refractivity contribution in [2.75, 3.05) is 17.6 Å². The molecule has 25 heavy (non-hydrogen) atoms. The highest BCUT2D eigenvalue weighted by molar-refractivity contribution is 7.93. The highest BCUT2D eigenvalue weighted by Crippen LogP contribution is 2.25. The van der Waals surface area contributed by atoms with Gasteiger partial charge in [-0.2, -0.15) is 0 Å². The van der Waals surface area contributed by atoms with Crippen LogP contribution in [-0.4, -0.2) is 35.7 Å². The first-order valence-electron chi connectivity index (χ1n) is 7.24. The van der Waals surface area contributed by atoms with E-state index in [1.54, 1.807) is 0 Å². The number of hydrogen-bond acceptors (Lipinski definition) is 6. The molecule has 2 aromatic rings. The van der Waals surface area contributed by atoms with Crippen LogP contribution in [0.5, 0.6) is 0 Å². The molecule has 9 heteroatoms. The zero-order valence-electron chi connectivity index (χ0n) is 13.6. The van der Waals surface area contributed by atoms with Gasteiger partial charge in [-0.15, -0.1) is 0 Å². The molecule has 0 bridgehead atoms. The minimum absolute atomic E-state index is 0.0265. The Kier molecular flexibility index (Phi) is 5.48. The number of rotatable bonds is 6. The van der Waals surface area contributed by atoms with Gasteiger partial charge in [0.2, 0.25) is 0 Å². The molecular formula is C16H17NO6S2. The summed E-state index contributed by atoms with van der Waals surface area (Å²) in [6.07, 6.45) is 0. The van der Waals surface area contributed by atoms with E-state index in [4.69, 9.17) is 0 Å². The van der Waals surface area contributed by atoms with Gasteiger partial charge in [-0.05, 0) is 36.4 Å². The molecule has 0 atom stereocenters. The molecule has 0 fully saturated rings. The van der Waals surface area contributed by atoms with Crippen LogP contribution in [-0.2, 0) is 24.6 Å². The lowest BCUT2D eigenvalue weighted by molar-refractivity contribution is 0.0600. The molecule has 0 radical (unpaired) electrons. The summed E-state index contributed by atoms with van der Waals surface area (Å²) >= 11 is 0. The molecule has 0 spiro atoms. The largest absolute Gasteiger partial charge is 0.465 e. The average molecular weight is 383 g/mol. The maximum absolute atomic E-state index is 12.5. The summed E-state index contributed by atoms with van der Waals surface area (Å²) in [6.45, 7) is 1.48. The second kappa shape index (κ2) is 7.24. The molecule has 0 amide bonds. The molecule has 0 saturated heterocycles. The van der Waals surface area contributed by atoms with Crippen molar-refractivity contribution in [1.82, 2.24) is 0 Å². The van der Waals surface area contributed by atoms with Crippen LogP contribution < -0.4 is 4.72 Å². The lowest BCUT2D eigenvalue weighted by Crippen LogP contribution is -2.16. The van der Waals surface area contributed by atoms with Crippen molar-refractivity contribution in [3.8, 4) is 0 Å². The van der Waals surface area contributed by atoms with Gasteiger partial charge < -0.3 is 4.74 Å². The van der Waals surface area contributed by atoms with E-state index < -0.39 is 25.8 Å². The molecule has 1 N–H and O–H groups in total. The van der Waals surface area contributed by atoms with Gasteiger partial charge in [0.1, 0.15) is 0 Å². The highest BCUT2D eigenvalue weighted by atomic mass is 32.2. The number of carbonyl (C=O) groups excluding carboxylic acids is 1. The summed E-state index contributed by atoms with van der Waals surface area (Å²) in [6, 6.07) is 10.9. The van der Waals surface area contributed by atoms with Crippen LogP contribution in [0, 0.1) is 0 Å². The lowest BCUT2D eigenvalue weighted by atomic mass is 10.2. The van der Waals surface area contributed by atoms with E-state index in [2.05, 4.69) is 9.46 Å². The Morgan fingerprint density at radius 3 is 2.16 bits per heavy atom. The van der Waals surface area contributed by atoms with Gasteiger partial charge in [0.15, 0.2) is 9.84 Å². The predicted molar refractivity (Wildman–Crippen MR) is 92.8 cm³/mol. The van der Waals surface area contributed by atoms with E-state index in [0.717, 1.165) is 0 Å². The number of para-hydroxylation sites is 1. The number of sulfonamides is 1. The summed E-state index contributed by atoms with van der Waals surface area (Å²) in [7, 11) is -6.39. The third-order valence-electron chi connectivity index (χ3n) is 3.43. The molecule has 0 saturated carbocycles. The SMILES string of the molecule is CCS(=O)(=O)c1ccccc1NS(=O)(=O)c1ccc(C(=O)OC)cc1. The maximum atomic E-state index is 12.5. The normalized spacial score (nSPS) is 11.8. The Balaban J connectivity index is 2.39. The fraction of sp³-hybridized carbons (Fsp3) is 0.188. The standard InChI is InChI=1S/C16H17NO6S2/c1-3-24(19,20)15-7-5-4-6-14(15)17-25(21,22)13-10-8-12(9-11-13)16(18)23-2/h4-11,17H,3H2,1-2H3. The second-order valence-corrected chi connectivity index (χ2v) is 8.95. The van der Waals surface area contributed by atoms with Gasteiger partial charge in [0.05, 0.1) is 33.9 Å². The Morgan fingerprint density at radius 2 is 1.60 bits per heavy atom. The number of nitrogens with one attached hydrogen (secondary N) is 1. The average Bonchev–Trinajstić information content (AvgIpc) is 2.61. The third kappa shape index (κ3) is 4.18. The summed E-state index contributed by atoms with van der Waals surface area (Å²) in [5, 5.41) is 0. The van der Waals surface area contributed by atoms with Crippen LogP contribution in [0.1, 0.15) is 17.3 Å². The summed E-state index contributed by atoms with van der Waals surface area (Å²) in [4.78, 5) is 11.2. The van der Waals surface area contributed by atoms with E-state index in [1.807, 2.05) is 0 Å². The maximum Gasteiger partial charge on any atom is 0.337 e. The van der Waals surface area contributed by atoms with Gasteiger partial charge in [0.25, 0.3) is 10.0 Å². The van der Waals surface area contributed by atoms with Crippen molar-refractivity contribution >= 4 is 31.5 Å². The molecule has 0 heterocycles.